The van der Waals surface area contributed by atoms with Crippen LogP contribution in [0.4, 0.5) is 0 Å². The van der Waals surface area contributed by atoms with Gasteiger partial charge in [-0.1, -0.05) is 0 Å². The van der Waals surface area contributed by atoms with E-state index in [0.717, 1.165) is 55.0 Å². The quantitative estimate of drug-likeness (QED) is 0.886. The number of thiophene rings is 1. The van der Waals surface area contributed by atoms with Crippen molar-refractivity contribution in [3.8, 4) is 0 Å². The molecule has 19 heavy (non-hydrogen) atoms. The Bertz CT molecular complexity index is 458. The van der Waals surface area contributed by atoms with E-state index in [0.29, 0.717) is 6.04 Å². The summed E-state index contributed by atoms with van der Waals surface area (Å²) < 4.78 is 0.924. The van der Waals surface area contributed by atoms with E-state index in [1.807, 2.05) is 16.3 Å². The van der Waals surface area contributed by atoms with E-state index >= 15 is 0 Å². The third kappa shape index (κ3) is 2.86. The smallest absolute Gasteiger partial charge is 0.265 e. The Balaban J connectivity index is 1.62. The SMILES string of the molecule is O=C(c1sccc1Br)N1CCC(N2CCNCC2)C1. The van der Waals surface area contributed by atoms with Crippen LogP contribution in [0.25, 0.3) is 0 Å². The molecule has 0 saturated carbocycles. The lowest BCUT2D eigenvalue weighted by atomic mass is 10.2. The van der Waals surface area contributed by atoms with Crippen LogP contribution in [0.5, 0.6) is 0 Å². The van der Waals surface area contributed by atoms with Crippen molar-refractivity contribution in [3.63, 3.8) is 0 Å². The number of carbonyl (C=O) groups excluding carboxylic acids is 1. The second-order valence-corrected chi connectivity index (χ2v) is 6.85. The second kappa shape index (κ2) is 5.91. The Morgan fingerprint density at radius 2 is 2.16 bits per heavy atom. The number of nitrogens with one attached hydrogen (secondary N) is 1. The van der Waals surface area contributed by atoms with E-state index in [9.17, 15) is 4.79 Å². The van der Waals surface area contributed by atoms with Gasteiger partial charge in [-0.05, 0) is 33.8 Å². The molecule has 3 rings (SSSR count). The molecule has 1 amide bonds. The predicted octanol–water partition coefficient (Wildman–Crippen LogP) is 1.63. The van der Waals surface area contributed by atoms with Gasteiger partial charge in [-0.2, -0.15) is 0 Å². The maximum absolute atomic E-state index is 12.4. The van der Waals surface area contributed by atoms with Crippen LogP contribution in [-0.2, 0) is 0 Å². The van der Waals surface area contributed by atoms with E-state index in [1.54, 1.807) is 0 Å². The van der Waals surface area contributed by atoms with Gasteiger partial charge in [0.25, 0.3) is 5.91 Å². The molecule has 1 atom stereocenters. The Morgan fingerprint density at radius 1 is 1.37 bits per heavy atom. The van der Waals surface area contributed by atoms with Crippen LogP contribution in [0.3, 0.4) is 0 Å². The Morgan fingerprint density at radius 3 is 2.84 bits per heavy atom. The fourth-order valence-corrected chi connectivity index (χ4v) is 4.37. The minimum atomic E-state index is 0.180. The van der Waals surface area contributed by atoms with E-state index in [2.05, 4.69) is 26.1 Å². The average molecular weight is 344 g/mol. The van der Waals surface area contributed by atoms with Crippen molar-refractivity contribution < 1.29 is 4.79 Å². The van der Waals surface area contributed by atoms with E-state index in [1.165, 1.54) is 11.3 Å². The number of hydrogen-bond acceptors (Lipinski definition) is 4. The van der Waals surface area contributed by atoms with E-state index in [-0.39, 0.29) is 5.91 Å². The zero-order chi connectivity index (χ0) is 13.2. The number of nitrogens with zero attached hydrogens (tertiary/aromatic N) is 2. The summed E-state index contributed by atoms with van der Waals surface area (Å²) in [5.41, 5.74) is 0. The Hall–Kier alpha value is -0.430. The summed E-state index contributed by atoms with van der Waals surface area (Å²) in [4.78, 5) is 17.8. The first-order valence-electron chi connectivity index (χ1n) is 6.73. The van der Waals surface area contributed by atoms with Crippen LogP contribution in [0.15, 0.2) is 15.9 Å². The first-order chi connectivity index (χ1) is 9.25. The van der Waals surface area contributed by atoms with Gasteiger partial charge in [0, 0.05) is 49.8 Å². The maximum atomic E-state index is 12.4. The molecule has 0 spiro atoms. The van der Waals surface area contributed by atoms with Gasteiger partial charge in [-0.3, -0.25) is 9.69 Å². The lowest BCUT2D eigenvalue weighted by molar-refractivity contribution is 0.0777. The van der Waals surface area contributed by atoms with Crippen molar-refractivity contribution in [2.45, 2.75) is 12.5 Å². The first-order valence-corrected chi connectivity index (χ1v) is 8.40. The highest BCUT2D eigenvalue weighted by Gasteiger charge is 2.32. The summed E-state index contributed by atoms with van der Waals surface area (Å²) in [5.74, 6) is 0.180. The highest BCUT2D eigenvalue weighted by atomic mass is 79.9. The van der Waals surface area contributed by atoms with Crippen LogP contribution < -0.4 is 5.32 Å². The molecule has 104 valence electrons. The van der Waals surface area contributed by atoms with Gasteiger partial charge in [0.1, 0.15) is 4.88 Å². The minimum absolute atomic E-state index is 0.180. The highest BCUT2D eigenvalue weighted by molar-refractivity contribution is 9.10. The lowest BCUT2D eigenvalue weighted by Crippen LogP contribution is -2.49. The van der Waals surface area contributed by atoms with Gasteiger partial charge in [-0.15, -0.1) is 11.3 Å². The number of halogens is 1. The van der Waals surface area contributed by atoms with Crippen molar-refractivity contribution in [1.82, 2.24) is 15.1 Å². The largest absolute Gasteiger partial charge is 0.336 e. The van der Waals surface area contributed by atoms with Crippen LogP contribution in [0.2, 0.25) is 0 Å². The number of likely N-dealkylation sites (tertiary alicyclic amines) is 1. The molecule has 1 N–H and O–H groups in total. The van der Waals surface area contributed by atoms with Crippen molar-refractivity contribution in [1.29, 1.82) is 0 Å². The lowest BCUT2D eigenvalue weighted by Gasteiger charge is -2.32. The molecule has 1 unspecified atom stereocenters. The van der Waals surface area contributed by atoms with Gasteiger partial charge >= 0.3 is 0 Å². The summed E-state index contributed by atoms with van der Waals surface area (Å²) in [6.45, 7) is 6.12. The molecule has 1 aromatic heterocycles. The molecule has 2 aliphatic heterocycles. The Labute approximate surface area is 125 Å². The van der Waals surface area contributed by atoms with Crippen LogP contribution in [-0.4, -0.2) is 61.0 Å². The predicted molar refractivity (Wildman–Crippen MR) is 80.8 cm³/mol. The molecule has 0 aromatic carbocycles. The molecule has 0 radical (unpaired) electrons. The minimum Gasteiger partial charge on any atom is -0.336 e. The molecular formula is C13H18BrN3OS. The van der Waals surface area contributed by atoms with Gasteiger partial charge in [0.05, 0.1) is 0 Å². The number of rotatable bonds is 2. The van der Waals surface area contributed by atoms with Gasteiger partial charge in [0.2, 0.25) is 0 Å². The molecular weight excluding hydrogens is 326 g/mol. The molecule has 4 nitrogen and oxygen atoms in total. The van der Waals surface area contributed by atoms with Crippen molar-refractivity contribution in [3.05, 3.63) is 20.8 Å². The molecule has 0 bridgehead atoms. The Kier molecular flexibility index (Phi) is 4.21. The first kappa shape index (κ1) is 13.5. The third-order valence-electron chi connectivity index (χ3n) is 3.93. The molecule has 2 saturated heterocycles. The number of carbonyl (C=O) groups is 1. The summed E-state index contributed by atoms with van der Waals surface area (Å²) in [7, 11) is 0. The van der Waals surface area contributed by atoms with Crippen molar-refractivity contribution in [2.75, 3.05) is 39.3 Å². The summed E-state index contributed by atoms with van der Waals surface area (Å²) >= 11 is 4.97. The van der Waals surface area contributed by atoms with Gasteiger partial charge in [-0.25, -0.2) is 0 Å². The molecule has 2 aliphatic rings. The zero-order valence-corrected chi connectivity index (χ0v) is 13.2. The standard InChI is InChI=1S/C13H18BrN3OS/c14-11-2-8-19-12(11)13(18)17-5-1-10(9-17)16-6-3-15-4-7-16/h2,8,10,15H,1,3-7,9H2. The van der Waals surface area contributed by atoms with Crippen molar-refractivity contribution >= 4 is 33.2 Å². The molecule has 6 heteroatoms. The molecule has 2 fully saturated rings. The molecule has 0 aliphatic carbocycles. The zero-order valence-electron chi connectivity index (χ0n) is 10.8. The van der Waals surface area contributed by atoms with Crippen molar-refractivity contribution in [2.24, 2.45) is 0 Å². The topological polar surface area (TPSA) is 35.6 Å². The molecule has 3 heterocycles. The number of amides is 1. The summed E-state index contributed by atoms with van der Waals surface area (Å²) in [6.07, 6.45) is 1.11. The third-order valence-corrected chi connectivity index (χ3v) is 5.76. The summed E-state index contributed by atoms with van der Waals surface area (Å²) in [6, 6.07) is 2.49. The van der Waals surface area contributed by atoms with Crippen LogP contribution in [0, 0.1) is 0 Å². The van der Waals surface area contributed by atoms with Gasteiger partial charge in [0.15, 0.2) is 0 Å². The van der Waals surface area contributed by atoms with E-state index in [4.69, 9.17) is 0 Å². The number of hydrogen-bond donors (Lipinski definition) is 1. The fraction of sp³-hybridized carbons (Fsp3) is 0.615. The van der Waals surface area contributed by atoms with Crippen LogP contribution >= 0.6 is 27.3 Å². The normalized spacial score (nSPS) is 24.9. The summed E-state index contributed by atoms with van der Waals surface area (Å²) in [5, 5.41) is 5.33. The maximum Gasteiger partial charge on any atom is 0.265 e. The highest BCUT2D eigenvalue weighted by Crippen LogP contribution is 2.26. The molecule has 1 aromatic rings. The second-order valence-electron chi connectivity index (χ2n) is 5.08. The average Bonchev–Trinajstić information content (AvgIpc) is 3.08. The monoisotopic (exact) mass is 343 g/mol. The van der Waals surface area contributed by atoms with Gasteiger partial charge < -0.3 is 10.2 Å². The van der Waals surface area contributed by atoms with Crippen LogP contribution in [0.1, 0.15) is 16.1 Å². The fourth-order valence-electron chi connectivity index (χ4n) is 2.86. The number of piperazine rings is 1. The van der Waals surface area contributed by atoms with E-state index < -0.39 is 0 Å².